The second-order valence-corrected chi connectivity index (χ2v) is 11.5. The van der Waals surface area contributed by atoms with E-state index in [9.17, 15) is 4.79 Å². The van der Waals surface area contributed by atoms with Crippen LogP contribution in [0.5, 0.6) is 5.75 Å². The molecule has 9 heteroatoms. The molecule has 0 saturated heterocycles. The Morgan fingerprint density at radius 2 is 2.00 bits per heavy atom. The smallest absolute Gasteiger partial charge is 0.234 e. The number of hydrogen-bond acceptors (Lipinski definition) is 8. The molecule has 4 heterocycles. The zero-order chi connectivity index (χ0) is 24.7. The van der Waals surface area contributed by atoms with Gasteiger partial charge in [0.15, 0.2) is 0 Å². The highest BCUT2D eigenvalue weighted by Crippen LogP contribution is 2.43. The molecule has 182 valence electrons. The van der Waals surface area contributed by atoms with Gasteiger partial charge in [-0.2, -0.15) is 0 Å². The monoisotopic (exact) mass is 508 g/mol. The fourth-order valence-electron chi connectivity index (χ4n) is 4.40. The maximum atomic E-state index is 12.6. The summed E-state index contributed by atoms with van der Waals surface area (Å²) in [5.41, 5.74) is 4.97. The number of thiophene rings is 1. The van der Waals surface area contributed by atoms with Crippen molar-refractivity contribution in [3.05, 3.63) is 47.4 Å². The molecule has 35 heavy (non-hydrogen) atoms. The number of rotatable bonds is 6. The highest BCUT2D eigenvalue weighted by Gasteiger charge is 2.32. The van der Waals surface area contributed by atoms with Gasteiger partial charge in [0.1, 0.15) is 21.9 Å². The predicted octanol–water partition coefficient (Wildman–Crippen LogP) is 5.95. The van der Waals surface area contributed by atoms with Crippen LogP contribution in [0.25, 0.3) is 20.4 Å². The number of hydrogen-bond donors (Lipinski definition) is 1. The van der Waals surface area contributed by atoms with Gasteiger partial charge in [0.25, 0.3) is 0 Å². The average Bonchev–Trinajstić information content (AvgIpc) is 3.21. The molecule has 7 nitrogen and oxygen atoms in total. The van der Waals surface area contributed by atoms with Crippen molar-refractivity contribution in [2.24, 2.45) is 0 Å². The van der Waals surface area contributed by atoms with Crippen molar-refractivity contribution in [3.8, 4) is 5.75 Å². The molecule has 3 aromatic heterocycles. The third-order valence-corrected chi connectivity index (χ3v) is 8.29. The largest absolute Gasteiger partial charge is 0.497 e. The van der Waals surface area contributed by atoms with Gasteiger partial charge in [0.05, 0.1) is 41.0 Å². The van der Waals surface area contributed by atoms with Crippen LogP contribution in [0.1, 0.15) is 50.4 Å². The molecular formula is C26H28N4O3S2. The number of fused-ring (bicyclic) bond motifs is 5. The predicted molar refractivity (Wildman–Crippen MR) is 142 cm³/mol. The lowest BCUT2D eigenvalue weighted by Gasteiger charge is -2.33. The summed E-state index contributed by atoms with van der Waals surface area (Å²) in [6.45, 7) is 9.16. The van der Waals surface area contributed by atoms with Crippen LogP contribution < -0.4 is 10.1 Å². The molecule has 0 bridgehead atoms. The van der Waals surface area contributed by atoms with Crippen molar-refractivity contribution >= 4 is 55.1 Å². The zero-order valence-electron chi connectivity index (χ0n) is 20.5. The Morgan fingerprint density at radius 1 is 1.23 bits per heavy atom. The summed E-state index contributed by atoms with van der Waals surface area (Å²) in [5, 5.41) is 4.83. The Morgan fingerprint density at radius 3 is 2.71 bits per heavy atom. The van der Waals surface area contributed by atoms with Crippen LogP contribution in [-0.2, 0) is 22.6 Å². The number of methoxy groups -OCH3 is 1. The lowest BCUT2D eigenvalue weighted by molar-refractivity contribution is -0.113. The highest BCUT2D eigenvalue weighted by molar-refractivity contribution is 8.00. The number of ether oxygens (including phenoxy) is 2. The molecule has 5 rings (SSSR count). The maximum absolute atomic E-state index is 12.6. The number of nitrogens with zero attached hydrogens (tertiary/aromatic N) is 3. The van der Waals surface area contributed by atoms with E-state index in [4.69, 9.17) is 14.5 Å². The van der Waals surface area contributed by atoms with E-state index < -0.39 is 0 Å². The van der Waals surface area contributed by atoms with Crippen LogP contribution in [0.15, 0.2) is 35.6 Å². The first-order valence-corrected chi connectivity index (χ1v) is 13.4. The number of nitrogens with one attached hydrogen (secondary N) is 1. The van der Waals surface area contributed by atoms with Crippen LogP contribution in [0.3, 0.4) is 0 Å². The number of carbonyl (C=O) groups is 1. The Bertz CT molecular complexity index is 1410. The summed E-state index contributed by atoms with van der Waals surface area (Å²) >= 11 is 3.03. The second kappa shape index (κ2) is 9.37. The van der Waals surface area contributed by atoms with Crippen molar-refractivity contribution < 1.29 is 14.3 Å². The van der Waals surface area contributed by atoms with Gasteiger partial charge in [-0.1, -0.05) is 25.6 Å². The molecule has 4 aromatic rings. The first-order chi connectivity index (χ1) is 16.8. The summed E-state index contributed by atoms with van der Waals surface area (Å²) in [4.78, 5) is 27.8. The molecule has 0 spiro atoms. The third-order valence-electron chi connectivity index (χ3n) is 6.09. The van der Waals surface area contributed by atoms with E-state index in [1.165, 1.54) is 22.9 Å². The summed E-state index contributed by atoms with van der Waals surface area (Å²) in [5.74, 6) is 1.20. The molecule has 0 saturated carbocycles. The first kappa shape index (κ1) is 24.0. The van der Waals surface area contributed by atoms with E-state index >= 15 is 0 Å². The van der Waals surface area contributed by atoms with Gasteiger partial charge in [0.2, 0.25) is 5.91 Å². The zero-order valence-corrected chi connectivity index (χ0v) is 22.1. The summed E-state index contributed by atoms with van der Waals surface area (Å²) in [7, 11) is 1.62. The minimum Gasteiger partial charge on any atom is -0.497 e. The lowest BCUT2D eigenvalue weighted by Crippen LogP contribution is -2.32. The summed E-state index contributed by atoms with van der Waals surface area (Å²) in [6, 6.07) is 7.28. The normalized spacial score (nSPS) is 14.9. The van der Waals surface area contributed by atoms with E-state index in [-0.39, 0.29) is 17.3 Å². The number of amides is 1. The van der Waals surface area contributed by atoms with Crippen molar-refractivity contribution in [1.82, 2.24) is 15.0 Å². The fraction of sp³-hybridized carbons (Fsp3) is 0.385. The number of pyridine rings is 1. The van der Waals surface area contributed by atoms with Crippen molar-refractivity contribution in [2.75, 3.05) is 18.2 Å². The number of thioether (sulfide) groups is 1. The molecule has 1 aliphatic rings. The van der Waals surface area contributed by atoms with E-state index in [1.54, 1.807) is 24.8 Å². The molecule has 1 amide bonds. The van der Waals surface area contributed by atoms with Gasteiger partial charge >= 0.3 is 0 Å². The van der Waals surface area contributed by atoms with Gasteiger partial charge in [0, 0.05) is 23.1 Å². The topological polar surface area (TPSA) is 86.2 Å². The van der Waals surface area contributed by atoms with Gasteiger partial charge in [-0.15, -0.1) is 11.3 Å². The molecule has 1 aromatic carbocycles. The van der Waals surface area contributed by atoms with Gasteiger partial charge < -0.3 is 14.8 Å². The summed E-state index contributed by atoms with van der Waals surface area (Å²) < 4.78 is 12.3. The van der Waals surface area contributed by atoms with Gasteiger partial charge in [-0.05, 0) is 49.6 Å². The number of benzene rings is 1. The quantitative estimate of drug-likeness (QED) is 0.254. The van der Waals surface area contributed by atoms with E-state index in [1.807, 2.05) is 24.3 Å². The standard InChI is InChI=1S/C26H28N4O3S2/c1-14(2)21-18-11-33-26(3,4)10-17(18)20-22-23(35-24(20)30-21)25(28-13-27-22)34-12-19(31)29-15-6-8-16(32-5)9-7-15/h6-9,13-14H,10-12H2,1-5H3,(H,29,31). The van der Waals surface area contributed by atoms with Crippen LogP contribution >= 0.6 is 23.1 Å². The molecule has 0 unspecified atom stereocenters. The minimum absolute atomic E-state index is 0.0930. The number of aromatic nitrogens is 3. The third kappa shape index (κ3) is 4.72. The second-order valence-electron chi connectivity index (χ2n) is 9.54. The molecular weight excluding hydrogens is 480 g/mol. The fourth-order valence-corrected chi connectivity index (χ4v) is 6.44. The van der Waals surface area contributed by atoms with Crippen molar-refractivity contribution in [2.45, 2.75) is 57.3 Å². The van der Waals surface area contributed by atoms with E-state index in [0.717, 1.165) is 49.0 Å². The van der Waals surface area contributed by atoms with Crippen LogP contribution in [0, 0.1) is 0 Å². The lowest BCUT2D eigenvalue weighted by atomic mass is 9.87. The molecule has 0 aliphatic carbocycles. The SMILES string of the molecule is COc1ccc(NC(=O)CSc2ncnc3c2sc2nc(C(C)C)c4c(c23)CC(C)(C)OC4)cc1. The minimum atomic E-state index is -0.242. The molecule has 0 radical (unpaired) electrons. The van der Waals surface area contributed by atoms with Crippen LogP contribution in [0.4, 0.5) is 5.69 Å². The molecule has 0 fully saturated rings. The number of carbonyl (C=O) groups excluding carboxylic acids is 1. The summed E-state index contributed by atoms with van der Waals surface area (Å²) in [6.07, 6.45) is 2.40. The average molecular weight is 509 g/mol. The maximum Gasteiger partial charge on any atom is 0.234 e. The van der Waals surface area contributed by atoms with Crippen LogP contribution in [-0.4, -0.2) is 39.3 Å². The highest BCUT2D eigenvalue weighted by atomic mass is 32.2. The van der Waals surface area contributed by atoms with Gasteiger partial charge in [-0.25, -0.2) is 15.0 Å². The van der Waals surface area contributed by atoms with E-state index in [0.29, 0.717) is 12.5 Å². The first-order valence-electron chi connectivity index (χ1n) is 11.6. The van der Waals surface area contributed by atoms with Crippen molar-refractivity contribution in [3.63, 3.8) is 0 Å². The van der Waals surface area contributed by atoms with Crippen molar-refractivity contribution in [1.29, 1.82) is 0 Å². The molecule has 1 N–H and O–H groups in total. The molecule has 0 atom stereocenters. The van der Waals surface area contributed by atoms with E-state index in [2.05, 4.69) is 43.0 Å². The Labute approximate surface area is 212 Å². The molecule has 1 aliphatic heterocycles. The van der Waals surface area contributed by atoms with Crippen LogP contribution in [0.2, 0.25) is 0 Å². The number of anilines is 1. The van der Waals surface area contributed by atoms with Gasteiger partial charge in [-0.3, -0.25) is 4.79 Å². The Kier molecular flexibility index (Phi) is 6.41. The Hall–Kier alpha value is -2.75. The Balaban J connectivity index is 1.47.